The number of ether oxygens (including phenoxy) is 1. The van der Waals surface area contributed by atoms with Gasteiger partial charge in [-0.25, -0.2) is 8.42 Å². The molecule has 190 valence electrons. The Morgan fingerprint density at radius 3 is 2.22 bits per heavy atom. The van der Waals surface area contributed by atoms with E-state index in [4.69, 9.17) is 16.3 Å². The van der Waals surface area contributed by atoms with Crippen LogP contribution in [-0.2, 0) is 28.0 Å². The number of rotatable bonds is 10. The number of nitrogens with one attached hydrogen (secondary N) is 1. The molecule has 0 saturated carbocycles. The highest BCUT2D eigenvalue weighted by molar-refractivity contribution is 7.89. The van der Waals surface area contributed by atoms with Crippen molar-refractivity contribution < 1.29 is 17.9 Å². The highest BCUT2D eigenvalue weighted by atomic mass is 35.5. The van der Waals surface area contributed by atoms with E-state index in [0.29, 0.717) is 28.6 Å². The predicted octanol–water partition coefficient (Wildman–Crippen LogP) is 6.06. The van der Waals surface area contributed by atoms with Crippen LogP contribution in [0, 0.1) is 6.92 Å². The summed E-state index contributed by atoms with van der Waals surface area (Å²) in [6.07, 6.45) is 0. The molecule has 0 bridgehead atoms. The van der Waals surface area contributed by atoms with Gasteiger partial charge < -0.3 is 10.1 Å². The van der Waals surface area contributed by atoms with Gasteiger partial charge in [0.05, 0.1) is 11.4 Å². The van der Waals surface area contributed by atoms with Crippen molar-refractivity contribution in [1.82, 2.24) is 4.31 Å². The lowest BCUT2D eigenvalue weighted by Crippen LogP contribution is -2.37. The topological polar surface area (TPSA) is 75.7 Å². The number of carbonyl (C=O) groups is 1. The smallest absolute Gasteiger partial charge is 0.243 e. The summed E-state index contributed by atoms with van der Waals surface area (Å²) in [6, 6.07) is 30.2. The van der Waals surface area contributed by atoms with E-state index < -0.39 is 15.9 Å². The second kappa shape index (κ2) is 12.1. The summed E-state index contributed by atoms with van der Waals surface area (Å²) in [7, 11) is -3.95. The Kier molecular flexibility index (Phi) is 8.61. The zero-order valence-electron chi connectivity index (χ0n) is 20.3. The van der Waals surface area contributed by atoms with Crippen LogP contribution in [0.3, 0.4) is 0 Å². The number of anilines is 1. The van der Waals surface area contributed by atoms with Gasteiger partial charge in [0.2, 0.25) is 15.9 Å². The summed E-state index contributed by atoms with van der Waals surface area (Å²) in [4.78, 5) is 13.1. The minimum Gasteiger partial charge on any atom is -0.489 e. The fourth-order valence-electron chi connectivity index (χ4n) is 3.66. The van der Waals surface area contributed by atoms with Crippen molar-refractivity contribution in [2.45, 2.75) is 25.0 Å². The predicted molar refractivity (Wildman–Crippen MR) is 146 cm³/mol. The van der Waals surface area contributed by atoms with E-state index in [1.807, 2.05) is 37.3 Å². The van der Waals surface area contributed by atoms with Crippen molar-refractivity contribution >= 4 is 33.2 Å². The molecule has 1 amide bonds. The summed E-state index contributed by atoms with van der Waals surface area (Å²) in [6.45, 7) is 1.94. The molecule has 0 aromatic heterocycles. The largest absolute Gasteiger partial charge is 0.489 e. The zero-order valence-corrected chi connectivity index (χ0v) is 21.9. The first kappa shape index (κ1) is 26.4. The van der Waals surface area contributed by atoms with Gasteiger partial charge in [-0.15, -0.1) is 0 Å². The molecule has 4 aromatic carbocycles. The third-order valence-electron chi connectivity index (χ3n) is 5.61. The molecule has 0 spiro atoms. The second-order valence-electron chi connectivity index (χ2n) is 8.56. The number of benzene rings is 4. The number of amides is 1. The molecule has 0 atom stereocenters. The molecule has 0 saturated heterocycles. The Morgan fingerprint density at radius 1 is 0.865 bits per heavy atom. The summed E-state index contributed by atoms with van der Waals surface area (Å²) < 4.78 is 33.8. The molecule has 0 aliphatic heterocycles. The third-order valence-corrected chi connectivity index (χ3v) is 7.65. The van der Waals surface area contributed by atoms with Gasteiger partial charge in [0.15, 0.2) is 0 Å². The third kappa shape index (κ3) is 7.43. The molecule has 0 aliphatic carbocycles. The molecule has 0 aliphatic rings. The van der Waals surface area contributed by atoms with Crippen LogP contribution in [0.4, 0.5) is 5.69 Å². The molecule has 1 N–H and O–H groups in total. The first-order valence-corrected chi connectivity index (χ1v) is 13.5. The Labute approximate surface area is 222 Å². The number of nitrogens with zero attached hydrogens (tertiary/aromatic N) is 1. The fourth-order valence-corrected chi connectivity index (χ4v) is 5.26. The van der Waals surface area contributed by atoms with E-state index in [1.54, 1.807) is 72.8 Å². The maximum Gasteiger partial charge on any atom is 0.243 e. The molecule has 37 heavy (non-hydrogen) atoms. The van der Waals surface area contributed by atoms with Crippen molar-refractivity contribution in [3.8, 4) is 5.75 Å². The molecule has 4 rings (SSSR count). The van der Waals surface area contributed by atoms with Crippen LogP contribution in [0.2, 0.25) is 5.02 Å². The lowest BCUT2D eigenvalue weighted by atomic mass is 10.2. The first-order valence-electron chi connectivity index (χ1n) is 11.7. The van der Waals surface area contributed by atoms with Crippen LogP contribution in [0.1, 0.15) is 16.7 Å². The van der Waals surface area contributed by atoms with Crippen LogP contribution in [0.15, 0.2) is 108 Å². The van der Waals surface area contributed by atoms with E-state index in [-0.39, 0.29) is 18.0 Å². The van der Waals surface area contributed by atoms with Crippen LogP contribution in [0.5, 0.6) is 5.75 Å². The van der Waals surface area contributed by atoms with Crippen LogP contribution < -0.4 is 10.1 Å². The average Bonchev–Trinajstić information content (AvgIpc) is 2.89. The molecule has 6 nitrogen and oxygen atoms in total. The van der Waals surface area contributed by atoms with E-state index in [1.165, 1.54) is 0 Å². The van der Waals surface area contributed by atoms with Gasteiger partial charge >= 0.3 is 0 Å². The molecular formula is C29H27ClN2O4S. The molecule has 0 fully saturated rings. The minimum atomic E-state index is -3.95. The lowest BCUT2D eigenvalue weighted by Gasteiger charge is -2.22. The van der Waals surface area contributed by atoms with Crippen LogP contribution >= 0.6 is 11.6 Å². The maximum absolute atomic E-state index is 13.5. The molecule has 4 aromatic rings. The Morgan fingerprint density at radius 2 is 1.54 bits per heavy atom. The van der Waals surface area contributed by atoms with E-state index in [0.717, 1.165) is 15.4 Å². The van der Waals surface area contributed by atoms with Crippen molar-refractivity contribution in [3.63, 3.8) is 0 Å². The summed E-state index contributed by atoms with van der Waals surface area (Å²) in [5, 5.41) is 3.27. The van der Waals surface area contributed by atoms with Crippen molar-refractivity contribution in [2.24, 2.45) is 0 Å². The quantitative estimate of drug-likeness (QED) is 0.268. The Bertz CT molecular complexity index is 1440. The molecule has 0 heterocycles. The number of halogens is 1. The van der Waals surface area contributed by atoms with Gasteiger partial charge in [-0.05, 0) is 66.6 Å². The summed E-state index contributed by atoms with van der Waals surface area (Å²) >= 11 is 6.10. The highest BCUT2D eigenvalue weighted by Gasteiger charge is 2.27. The van der Waals surface area contributed by atoms with E-state index in [2.05, 4.69) is 5.32 Å². The SMILES string of the molecule is Cc1ccc(S(=O)(=O)N(CC(=O)Nc2ccc(OCc3ccccc3)cc2)Cc2cccc(Cl)c2)cc1. The second-order valence-corrected chi connectivity index (χ2v) is 10.9. The lowest BCUT2D eigenvalue weighted by molar-refractivity contribution is -0.116. The van der Waals surface area contributed by atoms with Crippen molar-refractivity contribution in [3.05, 3.63) is 125 Å². The Hall–Kier alpha value is -3.65. The standard InChI is InChI=1S/C29H27ClN2O4S/c1-22-10-16-28(17-11-22)37(34,35)32(19-24-8-5-9-25(30)18-24)20-29(33)31-26-12-14-27(15-13-26)36-21-23-6-3-2-4-7-23/h2-18H,19-21H2,1H3,(H,31,33). The number of sulfonamides is 1. The number of hydrogen-bond acceptors (Lipinski definition) is 4. The average molecular weight is 535 g/mol. The number of aryl methyl sites for hydroxylation is 1. The zero-order chi connectivity index (χ0) is 26.3. The molecule has 0 unspecified atom stereocenters. The van der Waals surface area contributed by atoms with Crippen LogP contribution in [0.25, 0.3) is 0 Å². The maximum atomic E-state index is 13.5. The van der Waals surface area contributed by atoms with Gasteiger partial charge in [0.1, 0.15) is 12.4 Å². The number of hydrogen-bond donors (Lipinski definition) is 1. The Balaban J connectivity index is 1.46. The first-order chi connectivity index (χ1) is 17.8. The van der Waals surface area contributed by atoms with Crippen molar-refractivity contribution in [2.75, 3.05) is 11.9 Å². The summed E-state index contributed by atoms with van der Waals surface area (Å²) in [5.41, 5.74) is 3.20. The molecular weight excluding hydrogens is 508 g/mol. The summed E-state index contributed by atoms with van der Waals surface area (Å²) in [5.74, 6) is 0.196. The fraction of sp³-hybridized carbons (Fsp3) is 0.138. The van der Waals surface area contributed by atoms with Gasteiger partial charge in [-0.1, -0.05) is 71.8 Å². The van der Waals surface area contributed by atoms with Crippen LogP contribution in [-0.4, -0.2) is 25.2 Å². The molecule has 8 heteroatoms. The molecule has 0 radical (unpaired) electrons. The van der Waals surface area contributed by atoms with Crippen molar-refractivity contribution in [1.29, 1.82) is 0 Å². The van der Waals surface area contributed by atoms with Gasteiger partial charge in [0.25, 0.3) is 0 Å². The van der Waals surface area contributed by atoms with Gasteiger partial charge in [-0.3, -0.25) is 4.79 Å². The van der Waals surface area contributed by atoms with E-state index >= 15 is 0 Å². The van der Waals surface area contributed by atoms with Gasteiger partial charge in [-0.2, -0.15) is 4.31 Å². The highest BCUT2D eigenvalue weighted by Crippen LogP contribution is 2.22. The monoisotopic (exact) mass is 534 g/mol. The normalized spacial score (nSPS) is 11.3. The minimum absolute atomic E-state index is 0.00352. The van der Waals surface area contributed by atoms with E-state index in [9.17, 15) is 13.2 Å². The number of carbonyl (C=O) groups excluding carboxylic acids is 1. The van der Waals surface area contributed by atoms with Gasteiger partial charge in [0, 0.05) is 17.3 Å².